The van der Waals surface area contributed by atoms with Crippen molar-refractivity contribution in [2.24, 2.45) is 5.73 Å². The summed E-state index contributed by atoms with van der Waals surface area (Å²) in [5, 5.41) is 3.48. The second-order valence-electron chi connectivity index (χ2n) is 4.61. The Balaban J connectivity index is 2.05. The summed E-state index contributed by atoms with van der Waals surface area (Å²) in [5.41, 5.74) is 8.11. The summed E-state index contributed by atoms with van der Waals surface area (Å²) in [7, 11) is 0. The molecular weight excluding hydrogens is 208 g/mol. The lowest BCUT2D eigenvalue weighted by Gasteiger charge is -2.05. The highest BCUT2D eigenvalue weighted by molar-refractivity contribution is 5.22. The van der Waals surface area contributed by atoms with Crippen molar-refractivity contribution < 1.29 is 0 Å². The molecule has 0 unspecified atom stereocenters. The topological polar surface area (TPSA) is 38.0 Å². The molecule has 0 bridgehead atoms. The van der Waals surface area contributed by atoms with Gasteiger partial charge in [0.2, 0.25) is 0 Å². The third-order valence-electron chi connectivity index (χ3n) is 3.04. The minimum Gasteiger partial charge on any atom is -0.326 e. The quantitative estimate of drug-likeness (QED) is 0.644. The summed E-state index contributed by atoms with van der Waals surface area (Å²) in [6, 6.07) is 8.54. The summed E-state index contributed by atoms with van der Waals surface area (Å²) in [6.07, 6.45) is 6.72. The van der Waals surface area contributed by atoms with Crippen molar-refractivity contribution in [1.82, 2.24) is 5.32 Å². The lowest BCUT2D eigenvalue weighted by molar-refractivity contribution is 0.583. The number of benzene rings is 1. The van der Waals surface area contributed by atoms with Crippen molar-refractivity contribution in [3.8, 4) is 0 Å². The minimum absolute atomic E-state index is 0.630. The van der Waals surface area contributed by atoms with Gasteiger partial charge in [0.15, 0.2) is 0 Å². The molecule has 2 nitrogen and oxygen atoms in total. The van der Waals surface area contributed by atoms with Crippen LogP contribution in [0.25, 0.3) is 0 Å². The maximum atomic E-state index is 5.56. The maximum absolute atomic E-state index is 5.56. The van der Waals surface area contributed by atoms with Gasteiger partial charge in [-0.2, -0.15) is 0 Å². The van der Waals surface area contributed by atoms with Gasteiger partial charge in [0.05, 0.1) is 0 Å². The van der Waals surface area contributed by atoms with E-state index in [2.05, 4.69) is 36.5 Å². The van der Waals surface area contributed by atoms with E-state index in [4.69, 9.17) is 5.73 Å². The van der Waals surface area contributed by atoms with Crippen LogP contribution >= 0.6 is 0 Å². The van der Waals surface area contributed by atoms with Crippen LogP contribution in [0, 0.1) is 0 Å². The standard InChI is InChI=1S/C15H26N2/c1-2-3-4-5-6-11-17-13-15-9-7-14(12-16)8-10-15/h7-10,17H,2-6,11-13,16H2,1H3. The van der Waals surface area contributed by atoms with E-state index in [0.717, 1.165) is 13.1 Å². The van der Waals surface area contributed by atoms with Crippen LogP contribution in [-0.4, -0.2) is 6.54 Å². The Morgan fingerprint density at radius 2 is 1.59 bits per heavy atom. The first-order chi connectivity index (χ1) is 8.36. The molecule has 0 radical (unpaired) electrons. The van der Waals surface area contributed by atoms with Gasteiger partial charge < -0.3 is 11.1 Å². The molecule has 0 saturated carbocycles. The zero-order chi connectivity index (χ0) is 12.3. The highest BCUT2D eigenvalue weighted by Gasteiger charge is 1.94. The molecule has 1 aromatic carbocycles. The predicted octanol–water partition coefficient (Wildman–Crippen LogP) is 3.21. The van der Waals surface area contributed by atoms with Gasteiger partial charge in [0.25, 0.3) is 0 Å². The van der Waals surface area contributed by atoms with E-state index >= 15 is 0 Å². The average Bonchev–Trinajstić information content (AvgIpc) is 2.38. The summed E-state index contributed by atoms with van der Waals surface area (Å²) in [6.45, 7) is 4.98. The summed E-state index contributed by atoms with van der Waals surface area (Å²) < 4.78 is 0. The van der Waals surface area contributed by atoms with E-state index in [9.17, 15) is 0 Å². The molecule has 0 heterocycles. The molecule has 0 amide bonds. The van der Waals surface area contributed by atoms with E-state index in [1.807, 2.05) is 0 Å². The molecule has 0 spiro atoms. The zero-order valence-corrected chi connectivity index (χ0v) is 11.0. The van der Waals surface area contributed by atoms with E-state index < -0.39 is 0 Å². The fourth-order valence-electron chi connectivity index (χ4n) is 1.88. The number of nitrogens with one attached hydrogen (secondary N) is 1. The molecule has 0 fully saturated rings. The first kappa shape index (κ1) is 14.2. The Morgan fingerprint density at radius 3 is 2.24 bits per heavy atom. The highest BCUT2D eigenvalue weighted by atomic mass is 14.8. The van der Waals surface area contributed by atoms with Gasteiger partial charge in [-0.05, 0) is 24.1 Å². The number of unbranched alkanes of at least 4 members (excludes halogenated alkanes) is 4. The fraction of sp³-hybridized carbons (Fsp3) is 0.600. The van der Waals surface area contributed by atoms with Crippen molar-refractivity contribution in [1.29, 1.82) is 0 Å². The van der Waals surface area contributed by atoms with E-state index in [0.29, 0.717) is 6.54 Å². The summed E-state index contributed by atoms with van der Waals surface area (Å²) in [4.78, 5) is 0. The van der Waals surface area contributed by atoms with Crippen LogP contribution in [-0.2, 0) is 13.1 Å². The molecule has 3 N–H and O–H groups in total. The van der Waals surface area contributed by atoms with Crippen LogP contribution in [0.3, 0.4) is 0 Å². The van der Waals surface area contributed by atoms with E-state index in [1.165, 1.54) is 43.2 Å². The average molecular weight is 234 g/mol. The molecule has 1 rings (SSSR count). The summed E-state index contributed by atoms with van der Waals surface area (Å²) in [5.74, 6) is 0. The number of nitrogens with two attached hydrogens (primary N) is 1. The number of hydrogen-bond acceptors (Lipinski definition) is 2. The van der Waals surface area contributed by atoms with Gasteiger partial charge in [-0.25, -0.2) is 0 Å². The fourth-order valence-corrected chi connectivity index (χ4v) is 1.88. The van der Waals surface area contributed by atoms with Crippen LogP contribution < -0.4 is 11.1 Å². The Bertz CT molecular complexity index is 279. The molecule has 0 aromatic heterocycles. The third-order valence-corrected chi connectivity index (χ3v) is 3.04. The monoisotopic (exact) mass is 234 g/mol. The van der Waals surface area contributed by atoms with Crippen LogP contribution in [0.2, 0.25) is 0 Å². The maximum Gasteiger partial charge on any atom is 0.0205 e. The molecule has 0 atom stereocenters. The normalized spacial score (nSPS) is 10.7. The van der Waals surface area contributed by atoms with Crippen molar-refractivity contribution in [3.05, 3.63) is 35.4 Å². The van der Waals surface area contributed by atoms with Crippen LogP contribution in [0.1, 0.15) is 50.2 Å². The van der Waals surface area contributed by atoms with Crippen LogP contribution in [0.5, 0.6) is 0 Å². The van der Waals surface area contributed by atoms with Gasteiger partial charge in [0.1, 0.15) is 0 Å². The SMILES string of the molecule is CCCCCCCNCc1ccc(CN)cc1. The van der Waals surface area contributed by atoms with Crippen LogP contribution in [0.15, 0.2) is 24.3 Å². The first-order valence-corrected chi connectivity index (χ1v) is 6.85. The van der Waals surface area contributed by atoms with Crippen molar-refractivity contribution in [2.45, 2.75) is 52.1 Å². The van der Waals surface area contributed by atoms with Gasteiger partial charge in [-0.1, -0.05) is 56.9 Å². The second kappa shape index (κ2) is 9.20. The molecule has 17 heavy (non-hydrogen) atoms. The Morgan fingerprint density at radius 1 is 0.941 bits per heavy atom. The molecule has 1 aromatic rings. The molecule has 0 aliphatic carbocycles. The zero-order valence-electron chi connectivity index (χ0n) is 11.0. The largest absolute Gasteiger partial charge is 0.326 e. The molecule has 96 valence electrons. The molecule has 0 aliphatic rings. The lowest BCUT2D eigenvalue weighted by Crippen LogP contribution is -2.14. The minimum atomic E-state index is 0.630. The van der Waals surface area contributed by atoms with Gasteiger partial charge in [-0.15, -0.1) is 0 Å². The second-order valence-corrected chi connectivity index (χ2v) is 4.61. The molecule has 0 saturated heterocycles. The van der Waals surface area contributed by atoms with E-state index in [-0.39, 0.29) is 0 Å². The van der Waals surface area contributed by atoms with E-state index in [1.54, 1.807) is 0 Å². The number of rotatable bonds is 9. The highest BCUT2D eigenvalue weighted by Crippen LogP contribution is 2.04. The Labute approximate surface area is 106 Å². The van der Waals surface area contributed by atoms with Crippen molar-refractivity contribution >= 4 is 0 Å². The lowest BCUT2D eigenvalue weighted by atomic mass is 10.1. The van der Waals surface area contributed by atoms with Gasteiger partial charge in [-0.3, -0.25) is 0 Å². The molecular formula is C15H26N2. The third kappa shape index (κ3) is 6.44. The molecule has 2 heteroatoms. The Hall–Kier alpha value is -0.860. The first-order valence-electron chi connectivity index (χ1n) is 6.85. The Kier molecular flexibility index (Phi) is 7.69. The van der Waals surface area contributed by atoms with Crippen molar-refractivity contribution in [3.63, 3.8) is 0 Å². The predicted molar refractivity (Wildman–Crippen MR) is 74.8 cm³/mol. The van der Waals surface area contributed by atoms with Crippen LogP contribution in [0.4, 0.5) is 0 Å². The van der Waals surface area contributed by atoms with Gasteiger partial charge in [0, 0.05) is 13.1 Å². The molecule has 0 aliphatic heterocycles. The summed E-state index contributed by atoms with van der Waals surface area (Å²) >= 11 is 0. The van der Waals surface area contributed by atoms with Gasteiger partial charge >= 0.3 is 0 Å². The smallest absolute Gasteiger partial charge is 0.0205 e. The van der Waals surface area contributed by atoms with Crippen molar-refractivity contribution in [2.75, 3.05) is 6.54 Å². The number of hydrogen-bond donors (Lipinski definition) is 2.